The van der Waals surface area contributed by atoms with Crippen LogP contribution in [0.15, 0.2) is 54.7 Å². The van der Waals surface area contributed by atoms with Crippen molar-refractivity contribution in [3.8, 4) is 5.75 Å². The summed E-state index contributed by atoms with van der Waals surface area (Å²) in [5, 5.41) is 7.80. The number of carbonyl (C=O) groups is 1. The molecule has 0 saturated heterocycles. The maximum atomic E-state index is 12.4. The van der Waals surface area contributed by atoms with Crippen LogP contribution in [0, 0.1) is 6.92 Å². The predicted octanol–water partition coefficient (Wildman–Crippen LogP) is 4.70. The third-order valence-corrected chi connectivity index (χ3v) is 4.34. The van der Waals surface area contributed by atoms with Crippen molar-refractivity contribution >= 4 is 23.2 Å². The number of hydrogen-bond donors (Lipinski definition) is 1. The molecule has 6 heteroatoms. The topological polar surface area (TPSA) is 56.2 Å². The van der Waals surface area contributed by atoms with Gasteiger partial charge in [0.25, 0.3) is 5.91 Å². The average Bonchev–Trinajstić information content (AvgIpc) is 3.01. The molecule has 0 aliphatic rings. The minimum absolute atomic E-state index is 0.158. The van der Waals surface area contributed by atoms with Crippen LogP contribution in [0.4, 0.5) is 5.69 Å². The van der Waals surface area contributed by atoms with Crippen LogP contribution >= 0.6 is 11.6 Å². The maximum Gasteiger partial charge on any atom is 0.255 e. The number of anilines is 1. The Morgan fingerprint density at radius 3 is 2.46 bits per heavy atom. The number of nitrogens with zero attached hydrogens (tertiary/aromatic N) is 2. The van der Waals surface area contributed by atoms with Gasteiger partial charge in [0.1, 0.15) is 12.4 Å². The van der Waals surface area contributed by atoms with Gasteiger partial charge in [-0.05, 0) is 55.8 Å². The smallest absolute Gasteiger partial charge is 0.255 e. The van der Waals surface area contributed by atoms with Crippen molar-refractivity contribution in [3.05, 3.63) is 76.6 Å². The summed E-state index contributed by atoms with van der Waals surface area (Å²) in [7, 11) is 0. The zero-order chi connectivity index (χ0) is 18.5. The number of benzene rings is 2. The number of carbonyl (C=O) groups excluding carboxylic acids is 1. The molecule has 5 nitrogen and oxygen atoms in total. The van der Waals surface area contributed by atoms with E-state index in [0.717, 1.165) is 29.2 Å². The zero-order valence-electron chi connectivity index (χ0n) is 14.7. The normalized spacial score (nSPS) is 10.6. The van der Waals surface area contributed by atoms with Gasteiger partial charge in [-0.15, -0.1) is 0 Å². The van der Waals surface area contributed by atoms with Crippen LogP contribution in [-0.4, -0.2) is 15.7 Å². The summed E-state index contributed by atoms with van der Waals surface area (Å²) in [5.74, 6) is 0.591. The van der Waals surface area contributed by atoms with Gasteiger partial charge in [-0.3, -0.25) is 9.48 Å². The summed E-state index contributed by atoms with van der Waals surface area (Å²) >= 11 is 5.85. The van der Waals surface area contributed by atoms with E-state index in [9.17, 15) is 4.79 Å². The minimum Gasteiger partial charge on any atom is -0.489 e. The molecule has 0 unspecified atom stereocenters. The van der Waals surface area contributed by atoms with Crippen LogP contribution < -0.4 is 10.1 Å². The molecule has 1 amide bonds. The zero-order valence-corrected chi connectivity index (χ0v) is 15.5. The first-order valence-electron chi connectivity index (χ1n) is 8.38. The Bertz CT molecular complexity index is 886. The first-order valence-corrected chi connectivity index (χ1v) is 8.75. The molecule has 0 saturated carbocycles. The summed E-state index contributed by atoms with van der Waals surface area (Å²) in [5.41, 5.74) is 3.23. The predicted molar refractivity (Wildman–Crippen MR) is 103 cm³/mol. The molecule has 0 fully saturated rings. The number of ether oxygens (including phenoxy) is 1. The van der Waals surface area contributed by atoms with Crippen molar-refractivity contribution in [1.82, 2.24) is 9.78 Å². The van der Waals surface area contributed by atoms with Crippen LogP contribution in [-0.2, 0) is 13.2 Å². The second-order valence-corrected chi connectivity index (χ2v) is 6.29. The third-order valence-electron chi connectivity index (χ3n) is 4.09. The lowest BCUT2D eigenvalue weighted by Gasteiger charge is -2.08. The molecule has 1 heterocycles. The first-order chi connectivity index (χ1) is 12.6. The average molecular weight is 370 g/mol. The van der Waals surface area contributed by atoms with Crippen molar-refractivity contribution in [2.24, 2.45) is 0 Å². The largest absolute Gasteiger partial charge is 0.489 e. The molecule has 26 heavy (non-hydrogen) atoms. The summed E-state index contributed by atoms with van der Waals surface area (Å²) in [6.07, 6.45) is 1.67. The number of aryl methyl sites for hydroxylation is 1. The molecule has 2 aromatic carbocycles. The van der Waals surface area contributed by atoms with Gasteiger partial charge in [-0.25, -0.2) is 0 Å². The number of amides is 1. The molecule has 0 radical (unpaired) electrons. The molecule has 0 spiro atoms. The van der Waals surface area contributed by atoms with E-state index in [4.69, 9.17) is 16.3 Å². The van der Waals surface area contributed by atoms with Crippen molar-refractivity contribution < 1.29 is 9.53 Å². The van der Waals surface area contributed by atoms with Crippen molar-refractivity contribution in [2.75, 3.05) is 5.32 Å². The maximum absolute atomic E-state index is 12.4. The molecule has 3 aromatic rings. The molecule has 3 rings (SSSR count). The molecule has 0 aliphatic carbocycles. The highest BCUT2D eigenvalue weighted by Gasteiger charge is 2.11. The lowest BCUT2D eigenvalue weighted by molar-refractivity contribution is 0.102. The van der Waals surface area contributed by atoms with Crippen LogP contribution in [0.1, 0.15) is 28.5 Å². The molecular formula is C20H20ClN3O2. The number of rotatable bonds is 6. The van der Waals surface area contributed by atoms with Crippen molar-refractivity contribution in [3.63, 3.8) is 0 Å². The first kappa shape index (κ1) is 18.0. The molecule has 1 N–H and O–H groups in total. The summed E-state index contributed by atoms with van der Waals surface area (Å²) in [4.78, 5) is 12.4. The summed E-state index contributed by atoms with van der Waals surface area (Å²) in [6.45, 7) is 5.13. The Hall–Kier alpha value is -2.79. The Morgan fingerprint density at radius 2 is 1.85 bits per heavy atom. The van der Waals surface area contributed by atoms with Gasteiger partial charge < -0.3 is 10.1 Å². The van der Waals surface area contributed by atoms with E-state index < -0.39 is 0 Å². The highest BCUT2D eigenvalue weighted by Crippen LogP contribution is 2.18. The summed E-state index contributed by atoms with van der Waals surface area (Å²) in [6, 6.07) is 14.6. The highest BCUT2D eigenvalue weighted by molar-refractivity contribution is 6.30. The third kappa shape index (κ3) is 4.24. The van der Waals surface area contributed by atoms with E-state index in [0.29, 0.717) is 17.2 Å². The monoisotopic (exact) mass is 369 g/mol. The molecule has 1 aromatic heterocycles. The Kier molecular flexibility index (Phi) is 5.58. The van der Waals surface area contributed by atoms with Gasteiger partial charge in [0, 0.05) is 17.1 Å². The second kappa shape index (κ2) is 8.06. The lowest BCUT2D eigenvalue weighted by Crippen LogP contribution is -2.12. The Morgan fingerprint density at radius 1 is 1.15 bits per heavy atom. The Labute approximate surface area is 157 Å². The van der Waals surface area contributed by atoms with E-state index in [-0.39, 0.29) is 5.91 Å². The number of aromatic nitrogens is 2. The fourth-order valence-corrected chi connectivity index (χ4v) is 2.66. The van der Waals surface area contributed by atoms with Crippen LogP contribution in [0.25, 0.3) is 0 Å². The van der Waals surface area contributed by atoms with Crippen molar-refractivity contribution in [2.45, 2.75) is 27.0 Å². The number of nitrogens with one attached hydrogen (secondary N) is 1. The molecular weight excluding hydrogens is 350 g/mol. The van der Waals surface area contributed by atoms with Gasteiger partial charge in [0.05, 0.1) is 17.6 Å². The lowest BCUT2D eigenvalue weighted by atomic mass is 10.1. The molecule has 0 aliphatic heterocycles. The highest BCUT2D eigenvalue weighted by atomic mass is 35.5. The van der Waals surface area contributed by atoms with Crippen molar-refractivity contribution in [1.29, 1.82) is 0 Å². The quantitative estimate of drug-likeness (QED) is 0.685. The van der Waals surface area contributed by atoms with E-state index in [1.807, 2.05) is 42.8 Å². The van der Waals surface area contributed by atoms with Gasteiger partial charge >= 0.3 is 0 Å². The van der Waals surface area contributed by atoms with Gasteiger partial charge in [0.2, 0.25) is 0 Å². The van der Waals surface area contributed by atoms with Gasteiger partial charge in [-0.1, -0.05) is 23.7 Å². The van der Waals surface area contributed by atoms with E-state index in [1.165, 1.54) is 0 Å². The van der Waals surface area contributed by atoms with E-state index in [1.54, 1.807) is 30.5 Å². The number of halogens is 1. The fourth-order valence-electron chi connectivity index (χ4n) is 2.53. The minimum atomic E-state index is -0.158. The van der Waals surface area contributed by atoms with Crippen LogP contribution in [0.5, 0.6) is 5.75 Å². The van der Waals surface area contributed by atoms with E-state index in [2.05, 4.69) is 10.4 Å². The SMILES string of the molecule is CCn1ncc(NC(=O)c2ccc(COc3ccc(Cl)cc3)cc2)c1C. The fraction of sp³-hybridized carbons (Fsp3) is 0.200. The van der Waals surface area contributed by atoms with Crippen LogP contribution in [0.2, 0.25) is 5.02 Å². The summed E-state index contributed by atoms with van der Waals surface area (Å²) < 4.78 is 7.54. The van der Waals surface area contributed by atoms with E-state index >= 15 is 0 Å². The van der Waals surface area contributed by atoms with Crippen LogP contribution in [0.3, 0.4) is 0 Å². The standard InChI is InChI=1S/C20H20ClN3O2/c1-3-24-14(2)19(12-22-24)23-20(25)16-6-4-15(5-7-16)13-26-18-10-8-17(21)9-11-18/h4-12H,3,13H2,1-2H3,(H,23,25). The molecule has 0 bridgehead atoms. The second-order valence-electron chi connectivity index (χ2n) is 5.85. The Balaban J connectivity index is 1.60. The van der Waals surface area contributed by atoms with Gasteiger partial charge in [0.15, 0.2) is 0 Å². The molecule has 134 valence electrons. The number of hydrogen-bond acceptors (Lipinski definition) is 3. The molecule has 0 atom stereocenters. The van der Waals surface area contributed by atoms with Gasteiger partial charge in [-0.2, -0.15) is 5.10 Å².